The monoisotopic (exact) mass is 259 g/mol. The molecule has 100 valence electrons. The number of phenols is 1. The van der Waals surface area contributed by atoms with E-state index in [9.17, 15) is 9.90 Å². The van der Waals surface area contributed by atoms with E-state index in [2.05, 4.69) is 5.92 Å². The van der Waals surface area contributed by atoms with Gasteiger partial charge in [-0.1, -0.05) is 19.8 Å². The van der Waals surface area contributed by atoms with Crippen LogP contribution in [0.1, 0.15) is 26.7 Å². The van der Waals surface area contributed by atoms with Crippen molar-refractivity contribution < 1.29 is 14.6 Å². The summed E-state index contributed by atoms with van der Waals surface area (Å²) in [6, 6.07) is 4.68. The zero-order valence-corrected chi connectivity index (χ0v) is 11.1. The maximum absolute atomic E-state index is 12.6. The van der Waals surface area contributed by atoms with Crippen LogP contribution in [0.25, 0.3) is 0 Å². The molecule has 1 aliphatic heterocycles. The summed E-state index contributed by atoms with van der Waals surface area (Å²) in [4.78, 5) is 14.1. The molecule has 0 aromatic heterocycles. The number of carbonyl (C=O) groups is 1. The smallest absolute Gasteiger partial charge is 0.272 e. The van der Waals surface area contributed by atoms with E-state index in [1.165, 1.54) is 12.1 Å². The largest absolute Gasteiger partial charge is 0.508 e. The van der Waals surface area contributed by atoms with Crippen LogP contribution in [0.3, 0.4) is 0 Å². The van der Waals surface area contributed by atoms with E-state index in [-0.39, 0.29) is 18.2 Å². The second-order valence-electron chi connectivity index (χ2n) is 4.55. The SMILES string of the molecule is C#CCN1C(=O)C(CC)(CC)Oc2cc(O)ccc21. The Morgan fingerprint density at radius 2 is 2.11 bits per heavy atom. The van der Waals surface area contributed by atoms with Gasteiger partial charge in [0.1, 0.15) is 11.5 Å². The van der Waals surface area contributed by atoms with Gasteiger partial charge in [-0.2, -0.15) is 0 Å². The minimum Gasteiger partial charge on any atom is -0.508 e. The number of hydrogen-bond donors (Lipinski definition) is 1. The van der Waals surface area contributed by atoms with E-state index in [1.807, 2.05) is 13.8 Å². The molecule has 0 bridgehead atoms. The Morgan fingerprint density at radius 3 is 2.68 bits per heavy atom. The van der Waals surface area contributed by atoms with Gasteiger partial charge in [0.25, 0.3) is 5.91 Å². The van der Waals surface area contributed by atoms with Crippen molar-refractivity contribution in [2.45, 2.75) is 32.3 Å². The molecule has 0 spiro atoms. The third kappa shape index (κ3) is 2.01. The highest BCUT2D eigenvalue weighted by Crippen LogP contribution is 2.41. The fourth-order valence-electron chi connectivity index (χ4n) is 2.36. The number of anilines is 1. The van der Waals surface area contributed by atoms with Gasteiger partial charge in [-0.05, 0) is 25.0 Å². The van der Waals surface area contributed by atoms with E-state index in [0.717, 1.165) is 0 Å². The van der Waals surface area contributed by atoms with Crippen molar-refractivity contribution in [2.24, 2.45) is 0 Å². The topological polar surface area (TPSA) is 49.8 Å². The molecule has 1 N–H and O–H groups in total. The Hall–Kier alpha value is -2.15. The first kappa shape index (κ1) is 13.3. The van der Waals surface area contributed by atoms with Gasteiger partial charge in [-0.3, -0.25) is 9.69 Å². The van der Waals surface area contributed by atoms with E-state index >= 15 is 0 Å². The number of aromatic hydroxyl groups is 1. The highest BCUT2D eigenvalue weighted by atomic mass is 16.5. The number of phenolic OH excluding ortho intramolecular Hbond substituents is 1. The van der Waals surface area contributed by atoms with E-state index in [4.69, 9.17) is 11.2 Å². The van der Waals surface area contributed by atoms with Crippen LogP contribution in [-0.2, 0) is 4.79 Å². The van der Waals surface area contributed by atoms with Crippen LogP contribution in [0.5, 0.6) is 11.5 Å². The maximum atomic E-state index is 12.6. The first-order valence-corrected chi connectivity index (χ1v) is 6.35. The molecule has 4 heteroatoms. The Morgan fingerprint density at radius 1 is 1.42 bits per heavy atom. The lowest BCUT2D eigenvalue weighted by atomic mass is 9.92. The number of rotatable bonds is 3. The van der Waals surface area contributed by atoms with Crippen LogP contribution < -0.4 is 9.64 Å². The summed E-state index contributed by atoms with van der Waals surface area (Å²) < 4.78 is 5.87. The van der Waals surface area contributed by atoms with Crippen molar-refractivity contribution in [3.63, 3.8) is 0 Å². The van der Waals surface area contributed by atoms with Crippen LogP contribution in [0, 0.1) is 12.3 Å². The lowest BCUT2D eigenvalue weighted by molar-refractivity contribution is -0.136. The van der Waals surface area contributed by atoms with Gasteiger partial charge >= 0.3 is 0 Å². The number of amides is 1. The summed E-state index contributed by atoms with van der Waals surface area (Å²) in [6.45, 7) is 4.01. The fraction of sp³-hybridized carbons (Fsp3) is 0.400. The average Bonchev–Trinajstić information content (AvgIpc) is 2.42. The van der Waals surface area contributed by atoms with Crippen LogP contribution in [0.15, 0.2) is 18.2 Å². The highest BCUT2D eigenvalue weighted by molar-refractivity contribution is 6.03. The van der Waals surface area contributed by atoms with Crippen molar-refractivity contribution in [1.29, 1.82) is 0 Å². The number of fused-ring (bicyclic) bond motifs is 1. The van der Waals surface area contributed by atoms with Gasteiger partial charge in [0.05, 0.1) is 12.2 Å². The molecule has 0 aliphatic carbocycles. The molecule has 4 nitrogen and oxygen atoms in total. The van der Waals surface area contributed by atoms with Crippen molar-refractivity contribution in [3.05, 3.63) is 18.2 Å². The lowest BCUT2D eigenvalue weighted by Gasteiger charge is -2.41. The Bertz CT molecular complexity index is 541. The molecule has 1 aliphatic rings. The summed E-state index contributed by atoms with van der Waals surface area (Å²) >= 11 is 0. The van der Waals surface area contributed by atoms with Crippen molar-refractivity contribution >= 4 is 11.6 Å². The molecule has 1 aromatic rings. The van der Waals surface area contributed by atoms with Gasteiger partial charge < -0.3 is 9.84 Å². The number of nitrogens with zero attached hydrogens (tertiary/aromatic N) is 1. The predicted molar refractivity (Wildman–Crippen MR) is 73.2 cm³/mol. The molecule has 0 saturated heterocycles. The number of hydrogen-bond acceptors (Lipinski definition) is 3. The first-order valence-electron chi connectivity index (χ1n) is 6.35. The second-order valence-corrected chi connectivity index (χ2v) is 4.55. The zero-order valence-electron chi connectivity index (χ0n) is 11.1. The highest BCUT2D eigenvalue weighted by Gasteiger charge is 2.45. The third-order valence-electron chi connectivity index (χ3n) is 3.57. The van der Waals surface area contributed by atoms with E-state index < -0.39 is 5.60 Å². The summed E-state index contributed by atoms with van der Waals surface area (Å²) in [6.07, 6.45) is 6.45. The zero-order chi connectivity index (χ0) is 14.0. The Kier molecular flexibility index (Phi) is 3.39. The molecule has 1 heterocycles. The molecule has 2 rings (SSSR count). The second kappa shape index (κ2) is 4.85. The van der Waals surface area contributed by atoms with Crippen LogP contribution >= 0.6 is 0 Å². The molecule has 0 radical (unpaired) electrons. The van der Waals surface area contributed by atoms with Gasteiger partial charge in [-0.25, -0.2) is 0 Å². The molecule has 19 heavy (non-hydrogen) atoms. The first-order chi connectivity index (χ1) is 9.07. The van der Waals surface area contributed by atoms with Crippen molar-refractivity contribution in [1.82, 2.24) is 0 Å². The predicted octanol–water partition coefficient (Wildman–Crippen LogP) is 2.31. The standard InChI is InChI=1S/C15H17NO3/c1-4-9-16-12-8-7-11(17)10-13(12)19-15(5-2,6-3)14(16)18/h1,7-8,10,17H,5-6,9H2,2-3H3. The van der Waals surface area contributed by atoms with E-state index in [0.29, 0.717) is 24.3 Å². The molecule has 0 atom stereocenters. The summed E-state index contributed by atoms with van der Waals surface area (Å²) in [5.41, 5.74) is -0.282. The molecule has 1 amide bonds. The van der Waals surface area contributed by atoms with Gasteiger partial charge in [-0.15, -0.1) is 6.42 Å². The molecule has 0 saturated carbocycles. The number of benzene rings is 1. The average molecular weight is 259 g/mol. The molecule has 1 aromatic carbocycles. The normalized spacial score (nSPS) is 16.5. The quantitative estimate of drug-likeness (QED) is 0.847. The van der Waals surface area contributed by atoms with Crippen LogP contribution in [0.4, 0.5) is 5.69 Å². The molecule has 0 fully saturated rings. The molecule has 0 unspecified atom stereocenters. The van der Waals surface area contributed by atoms with E-state index in [1.54, 1.807) is 11.0 Å². The summed E-state index contributed by atoms with van der Waals surface area (Å²) in [5.74, 6) is 2.98. The summed E-state index contributed by atoms with van der Waals surface area (Å²) in [5, 5.41) is 9.56. The molecular formula is C15H17NO3. The van der Waals surface area contributed by atoms with Crippen LogP contribution in [0.2, 0.25) is 0 Å². The van der Waals surface area contributed by atoms with Crippen LogP contribution in [-0.4, -0.2) is 23.2 Å². The maximum Gasteiger partial charge on any atom is 0.272 e. The number of ether oxygens (including phenoxy) is 1. The lowest BCUT2D eigenvalue weighted by Crippen LogP contribution is -2.55. The molecular weight excluding hydrogens is 242 g/mol. The van der Waals surface area contributed by atoms with Crippen molar-refractivity contribution in [2.75, 3.05) is 11.4 Å². The number of terminal acetylenes is 1. The third-order valence-corrected chi connectivity index (χ3v) is 3.57. The minimum absolute atomic E-state index is 0.106. The Balaban J connectivity index is 2.56. The van der Waals surface area contributed by atoms with Crippen molar-refractivity contribution in [3.8, 4) is 23.8 Å². The fourth-order valence-corrected chi connectivity index (χ4v) is 2.36. The summed E-state index contributed by atoms with van der Waals surface area (Å²) in [7, 11) is 0. The van der Waals surface area contributed by atoms with Gasteiger partial charge in [0.15, 0.2) is 5.60 Å². The van der Waals surface area contributed by atoms with Gasteiger partial charge in [0, 0.05) is 6.07 Å². The number of carbonyl (C=O) groups excluding carboxylic acids is 1. The van der Waals surface area contributed by atoms with Gasteiger partial charge in [0.2, 0.25) is 0 Å². The Labute approximate surface area is 113 Å². The minimum atomic E-state index is -0.891.